The van der Waals surface area contributed by atoms with Gasteiger partial charge in [0.2, 0.25) is 0 Å². The maximum atomic E-state index is 12.9. The lowest BCUT2D eigenvalue weighted by Gasteiger charge is -2.31. The fraction of sp³-hybridized carbons (Fsp3) is 0.538. The van der Waals surface area contributed by atoms with E-state index in [1.54, 1.807) is 6.07 Å². The molecule has 0 amide bonds. The Balaban J connectivity index is 2.39. The third kappa shape index (κ3) is 2.73. The van der Waals surface area contributed by atoms with E-state index in [1.165, 1.54) is 12.1 Å². The van der Waals surface area contributed by atoms with Crippen LogP contribution in [0.3, 0.4) is 0 Å². The number of hydrogen-bond acceptors (Lipinski definition) is 1. The van der Waals surface area contributed by atoms with Crippen LogP contribution >= 0.6 is 0 Å². The molecule has 0 N–H and O–H groups in total. The highest BCUT2D eigenvalue weighted by atomic mass is 19.4. The van der Waals surface area contributed by atoms with Crippen LogP contribution in [0.25, 0.3) is 0 Å². The van der Waals surface area contributed by atoms with E-state index in [4.69, 9.17) is 0 Å². The maximum absolute atomic E-state index is 12.9. The Bertz CT molecular complexity index is 392. The second-order valence-corrected chi connectivity index (χ2v) is 4.57. The first-order valence-electron chi connectivity index (χ1n) is 5.91. The maximum Gasteiger partial charge on any atom is 0.418 e. The molecule has 1 aliphatic heterocycles. The SMILES string of the molecule is Cc1ccc(C(F)(F)F)c(N2CCCCC2)c1. The molecular weight excluding hydrogens is 227 g/mol. The molecule has 1 heterocycles. The van der Waals surface area contributed by atoms with Gasteiger partial charge in [-0.2, -0.15) is 13.2 Å². The highest BCUT2D eigenvalue weighted by Gasteiger charge is 2.34. The quantitative estimate of drug-likeness (QED) is 0.720. The Kier molecular flexibility index (Phi) is 3.31. The predicted octanol–water partition coefficient (Wildman–Crippen LogP) is 4.00. The van der Waals surface area contributed by atoms with Gasteiger partial charge in [-0.05, 0) is 43.9 Å². The molecule has 1 aromatic carbocycles. The molecule has 0 aliphatic carbocycles. The molecule has 0 bridgehead atoms. The highest BCUT2D eigenvalue weighted by molar-refractivity contribution is 5.57. The number of nitrogens with zero attached hydrogens (tertiary/aromatic N) is 1. The van der Waals surface area contributed by atoms with Crippen molar-refractivity contribution in [1.29, 1.82) is 0 Å². The Labute approximate surface area is 99.2 Å². The molecule has 1 saturated heterocycles. The van der Waals surface area contributed by atoms with Gasteiger partial charge in [0.1, 0.15) is 0 Å². The van der Waals surface area contributed by atoms with Gasteiger partial charge in [0.15, 0.2) is 0 Å². The molecule has 0 aromatic heterocycles. The topological polar surface area (TPSA) is 3.24 Å². The summed E-state index contributed by atoms with van der Waals surface area (Å²) in [6.07, 6.45) is -1.19. The standard InChI is InChI=1S/C13H16F3N/c1-10-5-6-11(13(14,15)16)12(9-10)17-7-3-2-4-8-17/h5-6,9H,2-4,7-8H2,1H3. The number of piperidine rings is 1. The Morgan fingerprint density at radius 3 is 2.29 bits per heavy atom. The van der Waals surface area contributed by atoms with Crippen LogP contribution in [-0.2, 0) is 6.18 Å². The minimum atomic E-state index is -4.26. The van der Waals surface area contributed by atoms with Crippen molar-refractivity contribution >= 4 is 5.69 Å². The van der Waals surface area contributed by atoms with Crippen LogP contribution in [0, 0.1) is 6.92 Å². The summed E-state index contributed by atoms with van der Waals surface area (Å²) in [4.78, 5) is 1.86. The van der Waals surface area contributed by atoms with E-state index in [-0.39, 0.29) is 0 Å². The largest absolute Gasteiger partial charge is 0.418 e. The van der Waals surface area contributed by atoms with Crippen LogP contribution in [0.5, 0.6) is 0 Å². The highest BCUT2D eigenvalue weighted by Crippen LogP contribution is 2.37. The van der Waals surface area contributed by atoms with Crippen molar-refractivity contribution in [2.45, 2.75) is 32.4 Å². The predicted molar refractivity (Wildman–Crippen MR) is 62.2 cm³/mol. The van der Waals surface area contributed by atoms with Crippen LogP contribution in [0.4, 0.5) is 18.9 Å². The molecule has 1 aliphatic rings. The van der Waals surface area contributed by atoms with E-state index in [2.05, 4.69) is 0 Å². The van der Waals surface area contributed by atoms with Gasteiger partial charge >= 0.3 is 6.18 Å². The minimum Gasteiger partial charge on any atom is -0.371 e. The molecule has 0 saturated carbocycles. The summed E-state index contributed by atoms with van der Waals surface area (Å²) in [5.41, 5.74) is 0.709. The van der Waals surface area contributed by atoms with Crippen molar-refractivity contribution < 1.29 is 13.2 Å². The Morgan fingerprint density at radius 2 is 1.71 bits per heavy atom. The second-order valence-electron chi connectivity index (χ2n) is 4.57. The first-order chi connectivity index (χ1) is 7.98. The van der Waals surface area contributed by atoms with Gasteiger partial charge < -0.3 is 4.90 Å². The number of hydrogen-bond donors (Lipinski definition) is 0. The molecule has 1 fully saturated rings. The van der Waals surface area contributed by atoms with Gasteiger partial charge in [0.25, 0.3) is 0 Å². The molecule has 0 spiro atoms. The Hall–Kier alpha value is -1.19. The fourth-order valence-electron chi connectivity index (χ4n) is 2.28. The zero-order valence-electron chi connectivity index (χ0n) is 9.85. The van der Waals surface area contributed by atoms with Crippen molar-refractivity contribution in [2.75, 3.05) is 18.0 Å². The molecule has 94 valence electrons. The van der Waals surface area contributed by atoms with Crippen LogP contribution in [0.15, 0.2) is 18.2 Å². The summed E-state index contributed by atoms with van der Waals surface area (Å²) in [6, 6.07) is 4.36. The minimum absolute atomic E-state index is 0.345. The zero-order valence-corrected chi connectivity index (χ0v) is 9.85. The van der Waals surface area contributed by atoms with Gasteiger partial charge in [0.05, 0.1) is 5.56 Å². The van der Waals surface area contributed by atoms with Gasteiger partial charge in [0, 0.05) is 18.8 Å². The van der Waals surface area contributed by atoms with Crippen LogP contribution < -0.4 is 4.90 Å². The monoisotopic (exact) mass is 243 g/mol. The van der Waals surface area contributed by atoms with Crippen LogP contribution in [0.1, 0.15) is 30.4 Å². The number of aryl methyl sites for hydroxylation is 1. The average molecular weight is 243 g/mol. The lowest BCUT2D eigenvalue weighted by atomic mass is 10.0. The smallest absolute Gasteiger partial charge is 0.371 e. The molecule has 0 radical (unpaired) electrons. The Morgan fingerprint density at radius 1 is 1.06 bits per heavy atom. The summed E-state index contributed by atoms with van der Waals surface area (Å²) >= 11 is 0. The molecule has 1 nitrogen and oxygen atoms in total. The van der Waals surface area contributed by atoms with E-state index in [0.717, 1.165) is 37.9 Å². The molecule has 0 atom stereocenters. The van der Waals surface area contributed by atoms with E-state index in [9.17, 15) is 13.2 Å². The van der Waals surface area contributed by atoms with E-state index < -0.39 is 11.7 Å². The van der Waals surface area contributed by atoms with Crippen molar-refractivity contribution in [3.63, 3.8) is 0 Å². The van der Waals surface area contributed by atoms with Crippen LogP contribution in [0.2, 0.25) is 0 Å². The number of benzene rings is 1. The fourth-order valence-corrected chi connectivity index (χ4v) is 2.28. The number of halogens is 3. The van der Waals surface area contributed by atoms with Crippen molar-refractivity contribution in [2.24, 2.45) is 0 Å². The molecule has 4 heteroatoms. The molecule has 0 unspecified atom stereocenters. The van der Waals surface area contributed by atoms with Gasteiger partial charge in [-0.1, -0.05) is 6.07 Å². The van der Waals surface area contributed by atoms with Crippen molar-refractivity contribution in [1.82, 2.24) is 0 Å². The summed E-state index contributed by atoms with van der Waals surface area (Å²) in [7, 11) is 0. The summed E-state index contributed by atoms with van der Waals surface area (Å²) in [5.74, 6) is 0. The number of alkyl halides is 3. The van der Waals surface area contributed by atoms with Gasteiger partial charge in [-0.3, -0.25) is 0 Å². The normalized spacial score (nSPS) is 17.3. The second kappa shape index (κ2) is 4.59. The van der Waals surface area contributed by atoms with E-state index in [0.29, 0.717) is 5.69 Å². The van der Waals surface area contributed by atoms with Crippen molar-refractivity contribution in [3.05, 3.63) is 29.3 Å². The molecule has 1 aromatic rings. The molecule has 2 rings (SSSR count). The lowest BCUT2D eigenvalue weighted by Crippen LogP contribution is -2.31. The summed E-state index contributed by atoms with van der Waals surface area (Å²) < 4.78 is 38.7. The van der Waals surface area contributed by atoms with E-state index in [1.807, 2.05) is 11.8 Å². The average Bonchev–Trinajstić information content (AvgIpc) is 2.28. The molecule has 17 heavy (non-hydrogen) atoms. The zero-order chi connectivity index (χ0) is 12.5. The number of anilines is 1. The third-order valence-electron chi connectivity index (χ3n) is 3.16. The lowest BCUT2D eigenvalue weighted by molar-refractivity contribution is -0.137. The van der Waals surface area contributed by atoms with Gasteiger partial charge in [-0.15, -0.1) is 0 Å². The summed E-state index contributed by atoms with van der Waals surface area (Å²) in [5, 5.41) is 0. The van der Waals surface area contributed by atoms with Gasteiger partial charge in [-0.25, -0.2) is 0 Å². The first-order valence-corrected chi connectivity index (χ1v) is 5.91. The molecular formula is C13H16F3N. The van der Waals surface area contributed by atoms with E-state index >= 15 is 0 Å². The van der Waals surface area contributed by atoms with Crippen molar-refractivity contribution in [3.8, 4) is 0 Å². The number of rotatable bonds is 1. The first kappa shape index (κ1) is 12.3. The third-order valence-corrected chi connectivity index (χ3v) is 3.16. The summed E-state index contributed by atoms with van der Waals surface area (Å²) in [6.45, 7) is 3.28. The van der Waals surface area contributed by atoms with Crippen LogP contribution in [-0.4, -0.2) is 13.1 Å².